The van der Waals surface area contributed by atoms with Crippen LogP contribution < -0.4 is 10.6 Å². The minimum atomic E-state index is -2.49. The zero-order chi connectivity index (χ0) is 19.1. The maximum absolute atomic E-state index is 5.87. The van der Waals surface area contributed by atoms with E-state index in [9.17, 15) is 0 Å². The van der Waals surface area contributed by atoms with Crippen LogP contribution in [-0.2, 0) is 19.8 Å². The summed E-state index contributed by atoms with van der Waals surface area (Å²) in [6.07, 6.45) is 2.86. The molecule has 0 saturated carbocycles. The molecule has 148 valence electrons. The quantitative estimate of drug-likeness (QED) is 0.340. The van der Waals surface area contributed by atoms with Gasteiger partial charge in [0, 0.05) is 45.5 Å². The monoisotopic (exact) mass is 380 g/mol. The molecule has 0 aliphatic rings. The standard InChI is InChI=1S/C20H36N2O3Si/c1-5-19-10-12-20(13-11-19)18-22-16-15-21-14-9-17-26(23-6-2,24-7-3)25-8-4/h5,10-13,21-22H,1,6-9,14-18H2,2-4H3. The lowest BCUT2D eigenvalue weighted by Crippen LogP contribution is -2.46. The molecule has 5 nitrogen and oxygen atoms in total. The number of hydrogen-bond donors (Lipinski definition) is 2. The van der Waals surface area contributed by atoms with E-state index in [2.05, 4.69) is 41.5 Å². The maximum atomic E-state index is 5.87. The third-order valence-electron chi connectivity index (χ3n) is 3.95. The Balaban J connectivity index is 2.15. The van der Waals surface area contributed by atoms with Crippen molar-refractivity contribution in [3.63, 3.8) is 0 Å². The van der Waals surface area contributed by atoms with E-state index in [0.717, 1.165) is 44.2 Å². The molecular weight excluding hydrogens is 344 g/mol. The molecule has 26 heavy (non-hydrogen) atoms. The van der Waals surface area contributed by atoms with Gasteiger partial charge in [0.2, 0.25) is 0 Å². The largest absolute Gasteiger partial charge is 0.500 e. The van der Waals surface area contributed by atoms with Gasteiger partial charge in [-0.15, -0.1) is 0 Å². The first-order chi connectivity index (χ1) is 12.7. The molecule has 0 aromatic heterocycles. The summed E-state index contributed by atoms with van der Waals surface area (Å²) in [5.74, 6) is 0. The molecule has 0 bridgehead atoms. The zero-order valence-electron chi connectivity index (χ0n) is 16.7. The van der Waals surface area contributed by atoms with Crippen LogP contribution in [-0.4, -0.2) is 48.3 Å². The molecule has 1 aromatic carbocycles. The van der Waals surface area contributed by atoms with Crippen molar-refractivity contribution in [3.05, 3.63) is 42.0 Å². The summed E-state index contributed by atoms with van der Waals surface area (Å²) in [6, 6.07) is 9.31. The Kier molecular flexibility index (Phi) is 12.5. The minimum absolute atomic E-state index is 0.636. The Hall–Kier alpha value is -1.02. The second kappa shape index (κ2) is 14.1. The second-order valence-corrected chi connectivity index (χ2v) is 8.69. The summed E-state index contributed by atoms with van der Waals surface area (Å²) in [5, 5.41) is 6.92. The normalized spacial score (nSPS) is 11.7. The van der Waals surface area contributed by atoms with Crippen molar-refractivity contribution in [1.29, 1.82) is 0 Å². The molecule has 0 aliphatic heterocycles. The van der Waals surface area contributed by atoms with E-state index in [0.29, 0.717) is 19.8 Å². The molecule has 0 radical (unpaired) electrons. The van der Waals surface area contributed by atoms with Gasteiger partial charge < -0.3 is 23.9 Å². The predicted molar refractivity (Wildman–Crippen MR) is 111 cm³/mol. The SMILES string of the molecule is C=Cc1ccc(CNCCNCCC[Si](OCC)(OCC)OCC)cc1. The van der Waals surface area contributed by atoms with Gasteiger partial charge in [-0.2, -0.15) is 0 Å². The fourth-order valence-corrected chi connectivity index (χ4v) is 5.35. The topological polar surface area (TPSA) is 51.8 Å². The van der Waals surface area contributed by atoms with Gasteiger partial charge in [0.05, 0.1) is 0 Å². The number of hydrogen-bond acceptors (Lipinski definition) is 5. The fraction of sp³-hybridized carbons (Fsp3) is 0.600. The average Bonchev–Trinajstić information content (AvgIpc) is 2.65. The maximum Gasteiger partial charge on any atom is 0.500 e. The van der Waals surface area contributed by atoms with Gasteiger partial charge >= 0.3 is 8.80 Å². The second-order valence-electron chi connectivity index (χ2n) is 5.96. The molecular formula is C20H36N2O3Si. The Labute approximate surface area is 160 Å². The van der Waals surface area contributed by atoms with Gasteiger partial charge in [-0.3, -0.25) is 0 Å². The number of rotatable bonds is 16. The molecule has 2 N–H and O–H groups in total. The van der Waals surface area contributed by atoms with Crippen LogP contribution >= 0.6 is 0 Å². The smallest absolute Gasteiger partial charge is 0.374 e. The summed E-state index contributed by atoms with van der Waals surface area (Å²) in [7, 11) is -2.49. The van der Waals surface area contributed by atoms with Gasteiger partial charge in [-0.25, -0.2) is 0 Å². The van der Waals surface area contributed by atoms with Crippen molar-refractivity contribution in [1.82, 2.24) is 10.6 Å². The van der Waals surface area contributed by atoms with Gasteiger partial charge in [-0.1, -0.05) is 36.9 Å². The molecule has 6 heteroatoms. The van der Waals surface area contributed by atoms with E-state index in [4.69, 9.17) is 13.3 Å². The minimum Gasteiger partial charge on any atom is -0.374 e. The molecule has 0 fully saturated rings. The molecule has 0 unspecified atom stereocenters. The Bertz CT molecular complexity index is 465. The van der Waals surface area contributed by atoms with Crippen LogP contribution in [0, 0.1) is 0 Å². The van der Waals surface area contributed by atoms with Gasteiger partial charge in [-0.05, 0) is 44.9 Å². The van der Waals surface area contributed by atoms with Crippen LogP contribution in [0.4, 0.5) is 0 Å². The molecule has 0 aliphatic carbocycles. The van der Waals surface area contributed by atoms with Gasteiger partial charge in [0.15, 0.2) is 0 Å². The lowest BCUT2D eigenvalue weighted by Gasteiger charge is -2.28. The average molecular weight is 381 g/mol. The van der Waals surface area contributed by atoms with Crippen molar-refractivity contribution in [2.24, 2.45) is 0 Å². The highest BCUT2D eigenvalue weighted by molar-refractivity contribution is 6.60. The van der Waals surface area contributed by atoms with Crippen LogP contribution in [0.5, 0.6) is 0 Å². The van der Waals surface area contributed by atoms with E-state index < -0.39 is 8.80 Å². The van der Waals surface area contributed by atoms with Gasteiger partial charge in [0.1, 0.15) is 0 Å². The van der Waals surface area contributed by atoms with Crippen LogP contribution in [0.1, 0.15) is 38.3 Å². The zero-order valence-corrected chi connectivity index (χ0v) is 17.7. The lowest BCUT2D eigenvalue weighted by molar-refractivity contribution is 0.0708. The van der Waals surface area contributed by atoms with Crippen molar-refractivity contribution in [3.8, 4) is 0 Å². The van der Waals surface area contributed by atoms with E-state index in [1.165, 1.54) is 5.56 Å². The predicted octanol–water partition coefficient (Wildman–Crippen LogP) is 3.45. The highest BCUT2D eigenvalue weighted by Crippen LogP contribution is 2.17. The summed E-state index contributed by atoms with van der Waals surface area (Å²) in [5.41, 5.74) is 2.44. The van der Waals surface area contributed by atoms with Crippen LogP contribution in [0.3, 0.4) is 0 Å². The first-order valence-corrected chi connectivity index (χ1v) is 11.7. The third kappa shape index (κ3) is 9.07. The molecule has 0 heterocycles. The van der Waals surface area contributed by atoms with Crippen LogP contribution in [0.25, 0.3) is 6.08 Å². The molecule has 1 rings (SSSR count). The molecule has 0 amide bonds. The number of benzene rings is 1. The van der Waals surface area contributed by atoms with E-state index in [1.54, 1.807) is 0 Å². The first kappa shape index (κ1) is 23.0. The van der Waals surface area contributed by atoms with E-state index in [-0.39, 0.29) is 0 Å². The Morgan fingerprint density at radius 3 is 2.00 bits per heavy atom. The molecule has 0 spiro atoms. The summed E-state index contributed by atoms with van der Waals surface area (Å²) >= 11 is 0. The first-order valence-electron chi connectivity index (χ1n) is 9.74. The third-order valence-corrected chi connectivity index (χ3v) is 7.10. The van der Waals surface area contributed by atoms with Crippen molar-refractivity contribution < 1.29 is 13.3 Å². The highest BCUT2D eigenvalue weighted by atomic mass is 28.4. The van der Waals surface area contributed by atoms with E-state index in [1.807, 2.05) is 26.8 Å². The fourth-order valence-electron chi connectivity index (χ4n) is 2.74. The molecule has 1 aromatic rings. The number of nitrogens with one attached hydrogen (secondary N) is 2. The van der Waals surface area contributed by atoms with Crippen LogP contribution in [0.2, 0.25) is 6.04 Å². The Morgan fingerprint density at radius 1 is 0.885 bits per heavy atom. The summed E-state index contributed by atoms with van der Waals surface area (Å²) < 4.78 is 17.6. The lowest BCUT2D eigenvalue weighted by atomic mass is 10.1. The summed E-state index contributed by atoms with van der Waals surface area (Å²) in [4.78, 5) is 0. The van der Waals surface area contributed by atoms with Crippen molar-refractivity contribution in [2.75, 3.05) is 39.5 Å². The molecule has 0 saturated heterocycles. The highest BCUT2D eigenvalue weighted by Gasteiger charge is 2.39. The van der Waals surface area contributed by atoms with E-state index >= 15 is 0 Å². The molecule has 0 atom stereocenters. The Morgan fingerprint density at radius 2 is 1.46 bits per heavy atom. The van der Waals surface area contributed by atoms with Crippen molar-refractivity contribution >= 4 is 14.9 Å². The summed E-state index contributed by atoms with van der Waals surface area (Å²) in [6.45, 7) is 15.4. The van der Waals surface area contributed by atoms with Crippen molar-refractivity contribution in [2.45, 2.75) is 39.8 Å². The van der Waals surface area contributed by atoms with Crippen LogP contribution in [0.15, 0.2) is 30.8 Å². The van der Waals surface area contributed by atoms with Gasteiger partial charge in [0.25, 0.3) is 0 Å².